The van der Waals surface area contributed by atoms with Gasteiger partial charge in [0.05, 0.1) is 6.54 Å². The van der Waals surface area contributed by atoms with Gasteiger partial charge < -0.3 is 14.7 Å². The number of carbonyl (C=O) groups is 4. The zero-order chi connectivity index (χ0) is 40.6. The van der Waals surface area contributed by atoms with Crippen LogP contribution in [-0.2, 0) is 0 Å². The number of Topliss-reactive ketones (excluding diaryl/α,β-unsaturated/α-hetero) is 4. The maximum Gasteiger partial charge on any atom is 0.249 e. The molecule has 0 amide bonds. The van der Waals surface area contributed by atoms with Crippen molar-refractivity contribution in [3.05, 3.63) is 130 Å². The van der Waals surface area contributed by atoms with E-state index in [1.807, 2.05) is 58.4 Å². The SMILES string of the molecule is CCCCN1C(=CC=CC=CC2N(CCCC)C3=C(C(=O)c4ccccc4C3=O)[NH+]2CCCC)N(CCCC)C2=C1C(=O)c1ccccc1C2=O.[O-][Cl+3]([O-])([O-])[O-]. The normalized spacial score (nSPS) is 19.3. The summed E-state index contributed by atoms with van der Waals surface area (Å²) in [6.07, 6.45) is 17.4. The Hall–Kier alpha value is -4.69. The van der Waals surface area contributed by atoms with Gasteiger partial charge in [-0.05, 0) is 37.8 Å². The summed E-state index contributed by atoms with van der Waals surface area (Å²) in [5.74, 6) is 0.525. The Morgan fingerprint density at radius 1 is 0.589 bits per heavy atom. The molecule has 2 atom stereocenters. The van der Waals surface area contributed by atoms with Gasteiger partial charge in [-0.3, -0.25) is 24.1 Å². The number of nitrogens with one attached hydrogen (secondary N) is 1. The summed E-state index contributed by atoms with van der Waals surface area (Å²) in [6, 6.07) is 14.3. The van der Waals surface area contributed by atoms with Gasteiger partial charge >= 0.3 is 0 Å². The molecule has 12 nitrogen and oxygen atoms in total. The van der Waals surface area contributed by atoms with Crippen molar-refractivity contribution in [3.63, 3.8) is 0 Å². The van der Waals surface area contributed by atoms with Gasteiger partial charge in [0.2, 0.25) is 28.8 Å². The molecule has 13 heteroatoms. The van der Waals surface area contributed by atoms with Crippen molar-refractivity contribution >= 4 is 23.1 Å². The summed E-state index contributed by atoms with van der Waals surface area (Å²) in [5.41, 5.74) is 4.03. The minimum Gasteiger partial charge on any atom is -0.323 e. The maximum atomic E-state index is 14.0. The van der Waals surface area contributed by atoms with Crippen molar-refractivity contribution in [1.82, 2.24) is 14.7 Å². The molecule has 0 aromatic heterocycles. The van der Waals surface area contributed by atoms with Crippen LogP contribution in [-0.4, -0.2) is 70.2 Å². The van der Waals surface area contributed by atoms with E-state index in [4.69, 9.17) is 18.6 Å². The maximum absolute atomic E-state index is 14.0. The van der Waals surface area contributed by atoms with Gasteiger partial charge in [-0.1, -0.05) is 120 Å². The average Bonchev–Trinajstić information content (AvgIpc) is 3.66. The molecular formula is C43H51ClN4O8. The molecule has 1 N–H and O–H groups in total. The molecule has 0 radical (unpaired) electrons. The van der Waals surface area contributed by atoms with Crippen LogP contribution in [0, 0.1) is 10.2 Å². The number of rotatable bonds is 15. The summed E-state index contributed by atoms with van der Waals surface area (Å²) >= 11 is 0. The number of nitrogens with zero attached hydrogens (tertiary/aromatic N) is 3. The standard InChI is InChI=1S/C43H50N4O4.ClHO4/c1-5-9-26-44-34(45(27-10-6-2)37-36(44)40(48)30-20-16-17-21-31(30)41(37)49)24-14-13-15-25-35-46(28-11-7-3)38-39(47(35)29-12-8-4)43(51)33-23-19-18-22-32(33)42(38)50;2-1(3,4)5/h13-25,34H,5-12,26-29H2,1-4H3;(H,2,3,4,5). The van der Waals surface area contributed by atoms with Crippen LogP contribution < -0.4 is 23.5 Å². The predicted octanol–water partition coefficient (Wildman–Crippen LogP) is 2.11. The Kier molecular flexibility index (Phi) is 14.4. The van der Waals surface area contributed by atoms with Crippen LogP contribution in [0.2, 0.25) is 0 Å². The smallest absolute Gasteiger partial charge is 0.249 e. The number of benzene rings is 2. The molecule has 298 valence electrons. The van der Waals surface area contributed by atoms with Crippen LogP contribution >= 0.6 is 0 Å². The van der Waals surface area contributed by atoms with Gasteiger partial charge in [-0.2, -0.15) is 0 Å². The Morgan fingerprint density at radius 3 is 1.48 bits per heavy atom. The van der Waals surface area contributed by atoms with Crippen LogP contribution in [0.15, 0.2) is 108 Å². The van der Waals surface area contributed by atoms with Crippen LogP contribution in [0.25, 0.3) is 0 Å². The number of quaternary nitrogens is 1. The second-order valence-corrected chi connectivity index (χ2v) is 14.9. The number of hydrogen-bond donors (Lipinski definition) is 1. The Labute approximate surface area is 331 Å². The van der Waals surface area contributed by atoms with E-state index in [9.17, 15) is 19.2 Å². The first-order valence-electron chi connectivity index (χ1n) is 19.6. The number of allylic oxidation sites excluding steroid dienone is 8. The lowest BCUT2D eigenvalue weighted by Crippen LogP contribution is -3.14. The van der Waals surface area contributed by atoms with Gasteiger partial charge in [0.1, 0.15) is 17.2 Å². The van der Waals surface area contributed by atoms with Crippen molar-refractivity contribution in [3.8, 4) is 0 Å². The highest BCUT2D eigenvalue weighted by Crippen LogP contribution is 2.40. The first-order chi connectivity index (χ1) is 26.9. The van der Waals surface area contributed by atoms with Crippen LogP contribution in [0.1, 0.15) is 120 Å². The molecular weight excluding hydrogens is 736 g/mol. The third-order valence-electron chi connectivity index (χ3n) is 10.3. The molecule has 6 rings (SSSR count). The third kappa shape index (κ3) is 8.96. The highest BCUT2D eigenvalue weighted by Gasteiger charge is 2.51. The molecule has 2 heterocycles. The highest BCUT2D eigenvalue weighted by atomic mass is 35.7. The molecule has 0 spiro atoms. The second-order valence-electron chi connectivity index (χ2n) is 14.1. The van der Waals surface area contributed by atoms with Gasteiger partial charge in [-0.15, -0.1) is 10.2 Å². The van der Waals surface area contributed by atoms with E-state index >= 15 is 0 Å². The lowest BCUT2D eigenvalue weighted by Gasteiger charge is -2.27. The average molecular weight is 787 g/mol. The number of ketones is 4. The zero-order valence-electron chi connectivity index (χ0n) is 32.6. The molecule has 2 aliphatic carbocycles. The second kappa shape index (κ2) is 19.0. The van der Waals surface area contributed by atoms with E-state index in [1.54, 1.807) is 24.3 Å². The minimum absolute atomic E-state index is 0.0488. The molecule has 2 aliphatic heterocycles. The quantitative estimate of drug-likeness (QED) is 0.262. The van der Waals surface area contributed by atoms with Crippen LogP contribution in [0.3, 0.4) is 0 Å². The Balaban J connectivity index is 0.00000113. The number of hydrogen-bond acceptors (Lipinski definition) is 11. The van der Waals surface area contributed by atoms with Crippen molar-refractivity contribution in [2.24, 2.45) is 0 Å². The summed E-state index contributed by atoms with van der Waals surface area (Å²) < 4.78 is 34.0. The number of carbonyl (C=O) groups excluding carboxylic acids is 4. The van der Waals surface area contributed by atoms with E-state index in [-0.39, 0.29) is 29.3 Å². The summed E-state index contributed by atoms with van der Waals surface area (Å²) in [4.78, 5) is 63.1. The lowest BCUT2D eigenvalue weighted by molar-refractivity contribution is -2.00. The number of halogens is 1. The van der Waals surface area contributed by atoms with Gasteiger partial charge in [-0.25, -0.2) is 18.6 Å². The third-order valence-corrected chi connectivity index (χ3v) is 10.3. The topological polar surface area (TPSA) is 175 Å². The van der Waals surface area contributed by atoms with Crippen molar-refractivity contribution in [2.45, 2.75) is 85.2 Å². The van der Waals surface area contributed by atoms with Crippen molar-refractivity contribution < 1.29 is 53.0 Å². The zero-order valence-corrected chi connectivity index (χ0v) is 33.3. The molecule has 2 aromatic carbocycles. The fourth-order valence-corrected chi connectivity index (χ4v) is 7.71. The van der Waals surface area contributed by atoms with E-state index in [0.717, 1.165) is 68.6 Å². The predicted molar refractivity (Wildman–Crippen MR) is 200 cm³/mol. The van der Waals surface area contributed by atoms with Crippen molar-refractivity contribution in [2.75, 3.05) is 26.2 Å². The fraction of sp³-hybridized carbons (Fsp3) is 0.395. The molecule has 2 aromatic rings. The van der Waals surface area contributed by atoms with Gasteiger partial charge in [0, 0.05) is 41.9 Å². The molecule has 4 aliphatic rings. The largest absolute Gasteiger partial charge is 0.323 e. The van der Waals surface area contributed by atoms with Gasteiger partial charge in [0.25, 0.3) is 0 Å². The summed E-state index contributed by atoms with van der Waals surface area (Å²) in [7, 11) is -4.94. The van der Waals surface area contributed by atoms with E-state index in [1.165, 1.54) is 0 Å². The molecule has 56 heavy (non-hydrogen) atoms. The van der Waals surface area contributed by atoms with E-state index in [0.29, 0.717) is 64.7 Å². The molecule has 0 bridgehead atoms. The van der Waals surface area contributed by atoms with Gasteiger partial charge in [0.15, 0.2) is 11.9 Å². The van der Waals surface area contributed by atoms with E-state index < -0.39 is 10.2 Å². The Bertz CT molecular complexity index is 1850. The Morgan fingerprint density at radius 2 is 1.02 bits per heavy atom. The number of unbranched alkanes of at least 4 members (excludes halogenated alkanes) is 4. The van der Waals surface area contributed by atoms with Crippen LogP contribution in [0.5, 0.6) is 0 Å². The first kappa shape index (κ1) is 42.5. The minimum atomic E-state index is -4.94. The molecule has 2 unspecified atom stereocenters. The van der Waals surface area contributed by atoms with Crippen molar-refractivity contribution in [1.29, 1.82) is 0 Å². The molecule has 0 fully saturated rings. The number of fused-ring (bicyclic) bond motifs is 2. The van der Waals surface area contributed by atoms with E-state index in [2.05, 4.69) is 38.7 Å². The summed E-state index contributed by atoms with van der Waals surface area (Å²) in [5, 5.41) is 0. The summed E-state index contributed by atoms with van der Waals surface area (Å²) in [6.45, 7) is 11.3. The van der Waals surface area contributed by atoms with Crippen LogP contribution in [0.4, 0.5) is 0 Å². The molecule has 0 saturated carbocycles. The molecule has 0 saturated heterocycles. The lowest BCUT2D eigenvalue weighted by atomic mass is 9.90. The highest BCUT2D eigenvalue weighted by molar-refractivity contribution is 6.27. The first-order valence-corrected chi connectivity index (χ1v) is 20.8. The fourth-order valence-electron chi connectivity index (χ4n) is 7.71. The monoisotopic (exact) mass is 786 g/mol.